The molecule has 1 unspecified atom stereocenters. The molecule has 0 radical (unpaired) electrons. The zero-order valence-corrected chi connectivity index (χ0v) is 12.6. The summed E-state index contributed by atoms with van der Waals surface area (Å²) >= 11 is 0.975. The SMILES string of the molecule is CC(C)CSP(N)(=O)OC(=O)NCc1cccnc1. The first-order valence-electron chi connectivity index (χ1n) is 5.78. The number of carbonyl (C=O) groups excluding carboxylic acids is 1. The van der Waals surface area contributed by atoms with Crippen LogP contribution in [-0.2, 0) is 15.6 Å². The van der Waals surface area contributed by atoms with Crippen molar-refractivity contribution >= 4 is 24.2 Å². The summed E-state index contributed by atoms with van der Waals surface area (Å²) in [6.45, 7) is 0.752. The third kappa shape index (κ3) is 7.20. The van der Waals surface area contributed by atoms with Crippen molar-refractivity contribution in [3.05, 3.63) is 30.1 Å². The summed E-state index contributed by atoms with van der Waals surface area (Å²) in [7, 11) is 0. The van der Waals surface area contributed by atoms with Crippen LogP contribution < -0.4 is 10.8 Å². The number of carbonyl (C=O) groups is 1. The number of amides is 1. The van der Waals surface area contributed by atoms with Crippen molar-refractivity contribution in [1.82, 2.24) is 10.3 Å². The topological polar surface area (TPSA) is 94.3 Å². The van der Waals surface area contributed by atoms with Crippen LogP contribution in [0, 0.1) is 5.92 Å². The molecule has 1 aromatic rings. The van der Waals surface area contributed by atoms with E-state index in [4.69, 9.17) is 10.0 Å². The third-order valence-electron chi connectivity index (χ3n) is 1.96. The second kappa shape index (κ2) is 7.53. The number of hydrogen-bond acceptors (Lipinski definition) is 5. The molecule has 0 saturated heterocycles. The smallest absolute Gasteiger partial charge is 0.376 e. The predicted octanol–water partition coefficient (Wildman–Crippen LogP) is 2.76. The Morgan fingerprint density at radius 1 is 1.63 bits per heavy atom. The first-order chi connectivity index (χ1) is 8.89. The number of rotatable bonds is 6. The highest BCUT2D eigenvalue weighted by molar-refractivity contribution is 8.56. The molecule has 0 aromatic carbocycles. The van der Waals surface area contributed by atoms with Gasteiger partial charge in [0.1, 0.15) is 0 Å². The summed E-state index contributed by atoms with van der Waals surface area (Å²) in [5.41, 5.74) is 6.28. The van der Waals surface area contributed by atoms with Gasteiger partial charge in [0.2, 0.25) is 0 Å². The van der Waals surface area contributed by atoms with E-state index in [-0.39, 0.29) is 6.54 Å². The maximum absolute atomic E-state index is 11.8. The third-order valence-corrected chi connectivity index (χ3v) is 5.30. The molecule has 0 spiro atoms. The molecule has 1 rings (SSSR count). The Balaban J connectivity index is 2.36. The van der Waals surface area contributed by atoms with Gasteiger partial charge in [-0.3, -0.25) is 4.98 Å². The molecular weight excluding hydrogens is 285 g/mol. The molecule has 1 heterocycles. The van der Waals surface area contributed by atoms with E-state index in [1.165, 1.54) is 0 Å². The van der Waals surface area contributed by atoms with Gasteiger partial charge in [-0.15, -0.1) is 0 Å². The fourth-order valence-corrected chi connectivity index (χ4v) is 3.84. The fourth-order valence-electron chi connectivity index (χ4n) is 1.10. The summed E-state index contributed by atoms with van der Waals surface area (Å²) in [6, 6.07) is 3.57. The van der Waals surface area contributed by atoms with Crippen LogP contribution in [0.5, 0.6) is 0 Å². The second-order valence-electron chi connectivity index (χ2n) is 4.32. The molecule has 3 N–H and O–H groups in total. The second-order valence-corrected chi connectivity index (χ2v) is 8.48. The quantitative estimate of drug-likeness (QED) is 0.785. The zero-order valence-electron chi connectivity index (χ0n) is 10.9. The standard InChI is InChI=1S/C11H18N3O3PS/c1-9(2)8-19-18(12,16)17-11(15)14-7-10-4-3-5-13-6-10/h3-6,9H,7-8H2,1-2H3,(H2,12,16)(H,14,15). The molecule has 0 aliphatic rings. The van der Waals surface area contributed by atoms with Crippen LogP contribution >= 0.6 is 18.1 Å². The van der Waals surface area contributed by atoms with Crippen LogP contribution in [0.15, 0.2) is 24.5 Å². The lowest BCUT2D eigenvalue weighted by molar-refractivity contribution is 0.202. The molecule has 0 aliphatic carbocycles. The van der Waals surface area contributed by atoms with Gasteiger partial charge in [0.05, 0.1) is 0 Å². The Bertz CT molecular complexity index is 456. The summed E-state index contributed by atoms with van der Waals surface area (Å²) in [4.78, 5) is 15.4. The molecule has 1 atom stereocenters. The van der Waals surface area contributed by atoms with E-state index in [0.29, 0.717) is 11.7 Å². The van der Waals surface area contributed by atoms with Crippen molar-refractivity contribution in [3.63, 3.8) is 0 Å². The Morgan fingerprint density at radius 2 is 2.37 bits per heavy atom. The van der Waals surface area contributed by atoms with E-state index < -0.39 is 12.8 Å². The van der Waals surface area contributed by atoms with Gasteiger partial charge in [-0.2, -0.15) is 0 Å². The number of pyridine rings is 1. The highest BCUT2D eigenvalue weighted by atomic mass is 32.7. The molecule has 106 valence electrons. The first kappa shape index (κ1) is 16.0. The van der Waals surface area contributed by atoms with Crippen molar-refractivity contribution in [2.24, 2.45) is 11.4 Å². The normalized spacial score (nSPS) is 13.9. The summed E-state index contributed by atoms with van der Waals surface area (Å²) < 4.78 is 16.5. The number of nitrogens with two attached hydrogens (primary N) is 1. The lowest BCUT2D eigenvalue weighted by Crippen LogP contribution is -2.23. The highest BCUT2D eigenvalue weighted by Crippen LogP contribution is 2.52. The molecule has 19 heavy (non-hydrogen) atoms. The number of aromatic nitrogens is 1. The van der Waals surface area contributed by atoms with Gasteiger partial charge in [0.25, 0.3) is 0 Å². The lowest BCUT2D eigenvalue weighted by atomic mass is 10.3. The molecule has 0 aliphatic heterocycles. The molecule has 8 heteroatoms. The Labute approximate surface area is 116 Å². The van der Waals surface area contributed by atoms with E-state index in [1.807, 2.05) is 19.9 Å². The summed E-state index contributed by atoms with van der Waals surface area (Å²) in [6.07, 6.45) is 2.47. The van der Waals surface area contributed by atoms with Crippen LogP contribution in [0.1, 0.15) is 19.4 Å². The van der Waals surface area contributed by atoms with Gasteiger partial charge < -0.3 is 9.84 Å². The maximum Gasteiger partial charge on any atom is 0.413 e. The minimum absolute atomic E-state index is 0.252. The maximum atomic E-state index is 11.8. The van der Waals surface area contributed by atoms with Gasteiger partial charge in [-0.25, -0.2) is 14.9 Å². The largest absolute Gasteiger partial charge is 0.413 e. The molecular formula is C11H18N3O3PS. The average Bonchev–Trinajstić information content (AvgIpc) is 2.35. The van der Waals surface area contributed by atoms with E-state index in [1.54, 1.807) is 18.5 Å². The van der Waals surface area contributed by atoms with Crippen molar-refractivity contribution in [3.8, 4) is 0 Å². The van der Waals surface area contributed by atoms with Crippen LogP contribution in [0.4, 0.5) is 4.79 Å². The van der Waals surface area contributed by atoms with Gasteiger partial charge in [0.15, 0.2) is 0 Å². The molecule has 0 fully saturated rings. The molecule has 0 bridgehead atoms. The Kier molecular flexibility index (Phi) is 6.34. The Hall–Kier alpha value is -1.04. The van der Waals surface area contributed by atoms with Crippen molar-refractivity contribution in [2.45, 2.75) is 20.4 Å². The fraction of sp³-hybridized carbons (Fsp3) is 0.455. The van der Waals surface area contributed by atoms with E-state index >= 15 is 0 Å². The van der Waals surface area contributed by atoms with Crippen molar-refractivity contribution in [1.29, 1.82) is 0 Å². The summed E-state index contributed by atoms with van der Waals surface area (Å²) in [5.74, 6) is 0.896. The predicted molar refractivity (Wildman–Crippen MR) is 76.6 cm³/mol. The van der Waals surface area contributed by atoms with E-state index in [0.717, 1.165) is 16.9 Å². The highest BCUT2D eigenvalue weighted by Gasteiger charge is 2.23. The van der Waals surface area contributed by atoms with E-state index in [9.17, 15) is 9.36 Å². The number of nitrogens with zero attached hydrogens (tertiary/aromatic N) is 1. The van der Waals surface area contributed by atoms with Gasteiger partial charge >= 0.3 is 12.8 Å². The van der Waals surface area contributed by atoms with E-state index in [2.05, 4.69) is 10.3 Å². The minimum atomic E-state index is -3.43. The van der Waals surface area contributed by atoms with Crippen LogP contribution in [0.25, 0.3) is 0 Å². The zero-order chi connectivity index (χ0) is 14.3. The first-order valence-corrected chi connectivity index (χ1v) is 9.07. The molecule has 0 saturated carbocycles. The average molecular weight is 303 g/mol. The van der Waals surface area contributed by atoms with Crippen LogP contribution in [0.3, 0.4) is 0 Å². The van der Waals surface area contributed by atoms with Crippen LogP contribution in [0.2, 0.25) is 0 Å². The van der Waals surface area contributed by atoms with Gasteiger partial charge in [-0.05, 0) is 28.9 Å². The minimum Gasteiger partial charge on any atom is -0.376 e. The number of nitrogens with one attached hydrogen (secondary N) is 1. The lowest BCUT2D eigenvalue weighted by Gasteiger charge is -2.14. The van der Waals surface area contributed by atoms with Gasteiger partial charge in [0, 0.05) is 24.7 Å². The molecule has 1 aromatic heterocycles. The number of hydrogen-bond donors (Lipinski definition) is 2. The summed E-state index contributed by atoms with van der Waals surface area (Å²) in [5, 5.41) is 2.48. The molecule has 6 nitrogen and oxygen atoms in total. The monoisotopic (exact) mass is 303 g/mol. The van der Waals surface area contributed by atoms with Crippen molar-refractivity contribution < 1.29 is 13.9 Å². The Morgan fingerprint density at radius 3 is 2.95 bits per heavy atom. The van der Waals surface area contributed by atoms with Crippen molar-refractivity contribution in [2.75, 3.05) is 5.75 Å². The molecule has 1 amide bonds. The van der Waals surface area contributed by atoms with Crippen LogP contribution in [-0.4, -0.2) is 16.8 Å². The van der Waals surface area contributed by atoms with Gasteiger partial charge in [-0.1, -0.05) is 19.9 Å².